The molecule has 0 unspecified atom stereocenters. The zero-order valence-corrected chi connectivity index (χ0v) is 13.5. The van der Waals surface area contributed by atoms with Gasteiger partial charge in [-0.2, -0.15) is 0 Å². The summed E-state index contributed by atoms with van der Waals surface area (Å²) in [6.45, 7) is 0.515. The van der Waals surface area contributed by atoms with E-state index in [1.807, 2.05) is 0 Å². The van der Waals surface area contributed by atoms with E-state index in [0.717, 1.165) is 4.57 Å². The molecule has 10 heteroatoms. The zero-order chi connectivity index (χ0) is 17.9. The number of carboxylic acids is 1. The number of aliphatic carboxylic acids is 1. The van der Waals surface area contributed by atoms with Crippen molar-refractivity contribution in [3.05, 3.63) is 27.2 Å². The molecule has 10 nitrogen and oxygen atoms in total. The lowest BCUT2D eigenvalue weighted by molar-refractivity contribution is -0.137. The van der Waals surface area contributed by atoms with Crippen LogP contribution in [0.1, 0.15) is 19.3 Å². The van der Waals surface area contributed by atoms with Crippen molar-refractivity contribution in [1.29, 1.82) is 0 Å². The van der Waals surface area contributed by atoms with Crippen LogP contribution in [-0.4, -0.2) is 42.2 Å². The molecule has 0 saturated carbocycles. The highest BCUT2D eigenvalue weighted by Crippen LogP contribution is 2.06. The summed E-state index contributed by atoms with van der Waals surface area (Å²) in [5, 5.41) is 11.1. The number of hydrogen-bond donors (Lipinski definition) is 2. The minimum absolute atomic E-state index is 0.00346. The summed E-state index contributed by atoms with van der Waals surface area (Å²) in [5.74, 6) is -1.15. The van der Waals surface area contributed by atoms with Crippen LogP contribution in [-0.2, 0) is 30.2 Å². The zero-order valence-electron chi connectivity index (χ0n) is 13.5. The third-order valence-electron chi connectivity index (χ3n) is 3.69. The first kappa shape index (κ1) is 17.4. The van der Waals surface area contributed by atoms with Crippen LogP contribution in [0.15, 0.2) is 15.9 Å². The minimum atomic E-state index is -0.907. The number of fused-ring (bicyclic) bond motifs is 1. The molecule has 2 heterocycles. The molecule has 0 saturated heterocycles. The number of carboxylic acid groups (broad SMARTS) is 1. The average molecular weight is 337 g/mol. The Morgan fingerprint density at radius 1 is 1.21 bits per heavy atom. The van der Waals surface area contributed by atoms with E-state index >= 15 is 0 Å². The van der Waals surface area contributed by atoms with E-state index in [4.69, 9.17) is 5.11 Å². The van der Waals surface area contributed by atoms with Gasteiger partial charge in [0, 0.05) is 40.0 Å². The molecule has 0 aromatic carbocycles. The molecular formula is C14H19N5O5. The lowest BCUT2D eigenvalue weighted by atomic mass is 10.3. The monoisotopic (exact) mass is 337 g/mol. The van der Waals surface area contributed by atoms with Gasteiger partial charge in [-0.1, -0.05) is 0 Å². The number of rotatable bonds is 7. The number of nitrogens with zero attached hydrogens (tertiary/aromatic N) is 4. The third-order valence-corrected chi connectivity index (χ3v) is 3.69. The van der Waals surface area contributed by atoms with Crippen LogP contribution >= 0.6 is 0 Å². The second-order valence-corrected chi connectivity index (χ2v) is 5.41. The van der Waals surface area contributed by atoms with Gasteiger partial charge in [-0.3, -0.25) is 23.5 Å². The molecule has 2 rings (SSSR count). The molecule has 0 aliphatic rings. The highest BCUT2D eigenvalue weighted by molar-refractivity contribution is 5.76. The third kappa shape index (κ3) is 3.53. The van der Waals surface area contributed by atoms with Crippen molar-refractivity contribution in [2.45, 2.75) is 25.8 Å². The minimum Gasteiger partial charge on any atom is -0.481 e. The Morgan fingerprint density at radius 2 is 1.92 bits per heavy atom. The van der Waals surface area contributed by atoms with Gasteiger partial charge in [-0.25, -0.2) is 9.78 Å². The Kier molecular flexibility index (Phi) is 5.17. The number of carbonyl (C=O) groups is 2. The molecule has 0 bridgehead atoms. The van der Waals surface area contributed by atoms with E-state index in [1.54, 1.807) is 0 Å². The first-order valence-corrected chi connectivity index (χ1v) is 7.42. The molecule has 0 aliphatic carbocycles. The van der Waals surface area contributed by atoms with Crippen LogP contribution in [0.25, 0.3) is 11.2 Å². The topological polar surface area (TPSA) is 128 Å². The predicted molar refractivity (Wildman–Crippen MR) is 84.7 cm³/mol. The SMILES string of the molecule is Cn1c(=O)c2c(ncn2CCC(=O)NCCCC(=O)O)n(C)c1=O. The van der Waals surface area contributed by atoms with E-state index in [-0.39, 0.29) is 43.0 Å². The normalized spacial score (nSPS) is 10.9. The van der Waals surface area contributed by atoms with Crippen molar-refractivity contribution in [3.63, 3.8) is 0 Å². The molecule has 0 spiro atoms. The fourth-order valence-corrected chi connectivity index (χ4v) is 2.34. The summed E-state index contributed by atoms with van der Waals surface area (Å²) in [4.78, 5) is 50.3. The summed E-state index contributed by atoms with van der Waals surface area (Å²) < 4.78 is 3.81. The van der Waals surface area contributed by atoms with Gasteiger partial charge in [-0.15, -0.1) is 0 Å². The van der Waals surface area contributed by atoms with E-state index < -0.39 is 17.2 Å². The molecule has 0 atom stereocenters. The molecule has 2 aromatic heterocycles. The van der Waals surface area contributed by atoms with Crippen molar-refractivity contribution >= 4 is 23.0 Å². The summed E-state index contributed by atoms with van der Waals surface area (Å²) in [7, 11) is 2.91. The van der Waals surface area contributed by atoms with Crippen LogP contribution in [0.5, 0.6) is 0 Å². The van der Waals surface area contributed by atoms with Gasteiger partial charge in [0.2, 0.25) is 5.91 Å². The number of amides is 1. The lowest BCUT2D eigenvalue weighted by Gasteiger charge is -2.07. The van der Waals surface area contributed by atoms with Crippen LogP contribution < -0.4 is 16.6 Å². The fraction of sp³-hybridized carbons (Fsp3) is 0.500. The Labute approximate surface area is 136 Å². The number of hydrogen-bond acceptors (Lipinski definition) is 5. The molecule has 2 N–H and O–H groups in total. The molecule has 130 valence electrons. The van der Waals surface area contributed by atoms with E-state index in [1.165, 1.54) is 29.6 Å². The molecule has 0 aliphatic heterocycles. The van der Waals surface area contributed by atoms with E-state index in [0.29, 0.717) is 6.42 Å². The first-order chi connectivity index (χ1) is 11.3. The van der Waals surface area contributed by atoms with Crippen LogP contribution in [0.4, 0.5) is 0 Å². The van der Waals surface area contributed by atoms with Gasteiger partial charge < -0.3 is 15.0 Å². The second kappa shape index (κ2) is 7.11. The number of aromatic nitrogens is 4. The van der Waals surface area contributed by atoms with Gasteiger partial charge in [0.05, 0.1) is 6.33 Å². The number of aryl methyl sites for hydroxylation is 2. The lowest BCUT2D eigenvalue weighted by Crippen LogP contribution is -2.37. The van der Waals surface area contributed by atoms with Crippen molar-refractivity contribution < 1.29 is 14.7 Å². The predicted octanol–water partition coefficient (Wildman–Crippen LogP) is -1.20. The summed E-state index contributed by atoms with van der Waals surface area (Å²) >= 11 is 0. The smallest absolute Gasteiger partial charge is 0.332 e. The summed E-state index contributed by atoms with van der Waals surface area (Å²) in [5.41, 5.74) is -0.398. The molecule has 24 heavy (non-hydrogen) atoms. The van der Waals surface area contributed by atoms with Gasteiger partial charge in [0.1, 0.15) is 0 Å². The molecule has 1 amide bonds. The molecular weight excluding hydrogens is 318 g/mol. The fourth-order valence-electron chi connectivity index (χ4n) is 2.34. The van der Waals surface area contributed by atoms with Crippen LogP contribution in [0.2, 0.25) is 0 Å². The molecule has 0 fully saturated rings. The van der Waals surface area contributed by atoms with Gasteiger partial charge in [0.25, 0.3) is 5.56 Å². The number of nitrogens with one attached hydrogen (secondary N) is 1. The maximum absolute atomic E-state index is 12.2. The first-order valence-electron chi connectivity index (χ1n) is 7.42. The Hall–Kier alpha value is -2.91. The van der Waals surface area contributed by atoms with Crippen LogP contribution in [0, 0.1) is 0 Å². The molecule has 2 aromatic rings. The number of imidazole rings is 1. The van der Waals surface area contributed by atoms with E-state index in [2.05, 4.69) is 10.3 Å². The second-order valence-electron chi connectivity index (χ2n) is 5.41. The largest absolute Gasteiger partial charge is 0.481 e. The van der Waals surface area contributed by atoms with Gasteiger partial charge in [-0.05, 0) is 6.42 Å². The standard InChI is InChI=1S/C14H19N5O5/c1-17-12-11(13(23)18(2)14(17)24)19(8-16-12)7-5-9(20)15-6-3-4-10(21)22/h8H,3-7H2,1-2H3,(H,15,20)(H,21,22). The van der Waals surface area contributed by atoms with Gasteiger partial charge in [0.15, 0.2) is 11.2 Å². The van der Waals surface area contributed by atoms with Crippen molar-refractivity contribution in [1.82, 2.24) is 24.0 Å². The van der Waals surface area contributed by atoms with Crippen molar-refractivity contribution in [2.75, 3.05) is 6.54 Å². The quantitative estimate of drug-likeness (QED) is 0.611. The maximum Gasteiger partial charge on any atom is 0.332 e. The summed E-state index contributed by atoms with van der Waals surface area (Å²) in [6, 6.07) is 0. The van der Waals surface area contributed by atoms with Gasteiger partial charge >= 0.3 is 11.7 Å². The average Bonchev–Trinajstić information content (AvgIpc) is 2.97. The summed E-state index contributed by atoms with van der Waals surface area (Å²) in [6.07, 6.45) is 1.89. The Balaban J connectivity index is 2.06. The van der Waals surface area contributed by atoms with E-state index in [9.17, 15) is 19.2 Å². The van der Waals surface area contributed by atoms with Crippen molar-refractivity contribution in [2.24, 2.45) is 14.1 Å². The highest BCUT2D eigenvalue weighted by atomic mass is 16.4. The highest BCUT2D eigenvalue weighted by Gasteiger charge is 2.14. The van der Waals surface area contributed by atoms with Crippen LogP contribution in [0.3, 0.4) is 0 Å². The van der Waals surface area contributed by atoms with Crippen molar-refractivity contribution in [3.8, 4) is 0 Å². The number of carbonyl (C=O) groups excluding carboxylic acids is 1. The Bertz CT molecular complexity index is 891. The maximum atomic E-state index is 12.2. The molecule has 0 radical (unpaired) electrons. The Morgan fingerprint density at radius 3 is 2.58 bits per heavy atom.